The molecule has 1 aromatic rings. The fourth-order valence-electron chi connectivity index (χ4n) is 3.42. The van der Waals surface area contributed by atoms with E-state index in [1.54, 1.807) is 0 Å². The van der Waals surface area contributed by atoms with Crippen LogP contribution >= 0.6 is 0 Å². The molecule has 1 amide bonds. The molecule has 0 unspecified atom stereocenters. The first-order valence-electron chi connectivity index (χ1n) is 9.27. The summed E-state index contributed by atoms with van der Waals surface area (Å²) in [5.74, 6) is 1.69. The van der Waals surface area contributed by atoms with Crippen LogP contribution in [0, 0.1) is 5.92 Å². The van der Waals surface area contributed by atoms with Gasteiger partial charge in [0.2, 0.25) is 11.8 Å². The van der Waals surface area contributed by atoms with Crippen LogP contribution in [-0.2, 0) is 16.1 Å². The summed E-state index contributed by atoms with van der Waals surface area (Å²) in [7, 11) is 0. The summed E-state index contributed by atoms with van der Waals surface area (Å²) in [5.41, 5.74) is 0. The van der Waals surface area contributed by atoms with Gasteiger partial charge in [-0.1, -0.05) is 17.3 Å². The van der Waals surface area contributed by atoms with E-state index in [1.807, 2.05) is 18.7 Å². The number of amides is 1. The van der Waals surface area contributed by atoms with E-state index in [4.69, 9.17) is 9.26 Å². The van der Waals surface area contributed by atoms with Gasteiger partial charge in [-0.15, -0.1) is 0 Å². The van der Waals surface area contributed by atoms with Gasteiger partial charge in [-0.3, -0.25) is 9.69 Å². The lowest BCUT2D eigenvalue weighted by Crippen LogP contribution is -2.50. The second kappa shape index (κ2) is 8.58. The van der Waals surface area contributed by atoms with Gasteiger partial charge in [0.1, 0.15) is 6.10 Å². The summed E-state index contributed by atoms with van der Waals surface area (Å²) in [6, 6.07) is 0. The number of hydrogen-bond acceptors (Lipinski definition) is 6. The van der Waals surface area contributed by atoms with Gasteiger partial charge in [-0.2, -0.15) is 4.98 Å². The number of carbonyl (C=O) groups excluding carboxylic acids is 1. The molecule has 7 heteroatoms. The maximum atomic E-state index is 12.6. The quantitative estimate of drug-likeness (QED) is 0.734. The van der Waals surface area contributed by atoms with Gasteiger partial charge in [0.25, 0.3) is 0 Å². The Morgan fingerprint density at radius 3 is 2.84 bits per heavy atom. The number of ether oxygens (including phenoxy) is 1. The molecule has 1 saturated heterocycles. The standard InChI is InChI=1S/C18H28N4O3/c1-3-24-14(2)17-19-16(25-20-17)13-21-9-11-22(12-10-21)18(23)15-7-5-4-6-8-15/h4-5,14-15H,3,6-13H2,1-2H3/t14-,15-/m0/s1. The van der Waals surface area contributed by atoms with E-state index in [0.29, 0.717) is 30.8 Å². The topological polar surface area (TPSA) is 71.7 Å². The summed E-state index contributed by atoms with van der Waals surface area (Å²) in [6.07, 6.45) is 7.06. The zero-order valence-corrected chi connectivity index (χ0v) is 15.2. The molecule has 3 rings (SSSR count). The van der Waals surface area contributed by atoms with Crippen molar-refractivity contribution in [2.75, 3.05) is 32.8 Å². The third kappa shape index (κ3) is 4.67. The number of aromatic nitrogens is 2. The second-order valence-electron chi connectivity index (χ2n) is 6.73. The Hall–Kier alpha value is -1.73. The molecule has 25 heavy (non-hydrogen) atoms. The third-order valence-electron chi connectivity index (χ3n) is 4.93. The van der Waals surface area contributed by atoms with Crippen LogP contribution in [0.3, 0.4) is 0 Å². The molecule has 2 aliphatic rings. The first-order chi connectivity index (χ1) is 12.2. The predicted octanol–water partition coefficient (Wildman–Crippen LogP) is 2.17. The van der Waals surface area contributed by atoms with Crippen LogP contribution < -0.4 is 0 Å². The Balaban J connectivity index is 1.46. The molecule has 0 aromatic carbocycles. The summed E-state index contributed by atoms with van der Waals surface area (Å²) in [4.78, 5) is 21.3. The van der Waals surface area contributed by atoms with Crippen molar-refractivity contribution in [2.24, 2.45) is 5.92 Å². The maximum absolute atomic E-state index is 12.6. The highest BCUT2D eigenvalue weighted by Crippen LogP contribution is 2.21. The summed E-state index contributed by atoms with van der Waals surface area (Å²) < 4.78 is 10.8. The van der Waals surface area contributed by atoms with Crippen LogP contribution in [-0.4, -0.2) is 58.6 Å². The number of hydrogen-bond donors (Lipinski definition) is 0. The largest absolute Gasteiger partial charge is 0.371 e. The molecule has 1 aliphatic heterocycles. The minimum absolute atomic E-state index is 0.151. The van der Waals surface area contributed by atoms with Crippen LogP contribution in [0.5, 0.6) is 0 Å². The van der Waals surface area contributed by atoms with Crippen molar-refractivity contribution in [1.82, 2.24) is 19.9 Å². The highest BCUT2D eigenvalue weighted by atomic mass is 16.5. The summed E-state index contributed by atoms with van der Waals surface area (Å²) in [6.45, 7) is 8.34. The van der Waals surface area contributed by atoms with E-state index in [2.05, 4.69) is 27.2 Å². The zero-order valence-electron chi connectivity index (χ0n) is 15.2. The summed E-state index contributed by atoms with van der Waals surface area (Å²) >= 11 is 0. The van der Waals surface area contributed by atoms with E-state index in [-0.39, 0.29) is 12.0 Å². The zero-order chi connectivity index (χ0) is 17.6. The Bertz CT molecular complexity index is 593. The maximum Gasteiger partial charge on any atom is 0.240 e. The molecule has 138 valence electrons. The normalized spacial score (nSPS) is 23.0. The predicted molar refractivity (Wildman–Crippen MR) is 92.7 cm³/mol. The molecule has 0 spiro atoms. The Kier molecular flexibility index (Phi) is 6.20. The van der Waals surface area contributed by atoms with Gasteiger partial charge >= 0.3 is 0 Å². The van der Waals surface area contributed by atoms with Crippen LogP contribution in [0.4, 0.5) is 0 Å². The minimum Gasteiger partial charge on any atom is -0.371 e. The molecule has 0 N–H and O–H groups in total. The SMILES string of the molecule is CCO[C@@H](C)c1noc(CN2CCN(C(=O)[C@H]3CC=CCC3)CC2)n1. The van der Waals surface area contributed by atoms with Gasteiger partial charge < -0.3 is 14.2 Å². The molecule has 1 aromatic heterocycles. The molecule has 7 nitrogen and oxygen atoms in total. The highest BCUT2D eigenvalue weighted by Gasteiger charge is 2.28. The van der Waals surface area contributed by atoms with Gasteiger partial charge in [-0.05, 0) is 33.1 Å². The summed E-state index contributed by atoms with van der Waals surface area (Å²) in [5, 5.41) is 4.00. The first kappa shape index (κ1) is 18.1. The van der Waals surface area contributed by atoms with Crippen molar-refractivity contribution < 1.29 is 14.1 Å². The van der Waals surface area contributed by atoms with Crippen molar-refractivity contribution >= 4 is 5.91 Å². The number of piperazine rings is 1. The Morgan fingerprint density at radius 1 is 1.36 bits per heavy atom. The lowest BCUT2D eigenvalue weighted by atomic mass is 9.93. The second-order valence-corrected chi connectivity index (χ2v) is 6.73. The third-order valence-corrected chi connectivity index (χ3v) is 4.93. The molecule has 0 saturated carbocycles. The Labute approximate surface area is 149 Å². The Morgan fingerprint density at radius 2 is 2.16 bits per heavy atom. The molecule has 1 aliphatic carbocycles. The molecule has 0 radical (unpaired) electrons. The lowest BCUT2D eigenvalue weighted by Gasteiger charge is -2.36. The van der Waals surface area contributed by atoms with Crippen LogP contribution in [0.25, 0.3) is 0 Å². The van der Waals surface area contributed by atoms with Gasteiger partial charge in [0.05, 0.1) is 6.54 Å². The van der Waals surface area contributed by atoms with Gasteiger partial charge in [0, 0.05) is 38.7 Å². The molecule has 2 heterocycles. The minimum atomic E-state index is -0.151. The van der Waals surface area contributed by atoms with Crippen LogP contribution in [0.15, 0.2) is 16.7 Å². The fourth-order valence-corrected chi connectivity index (χ4v) is 3.42. The number of nitrogens with zero attached hydrogens (tertiary/aromatic N) is 4. The van der Waals surface area contributed by atoms with E-state index in [0.717, 1.165) is 45.4 Å². The molecule has 2 atom stereocenters. The van der Waals surface area contributed by atoms with Gasteiger partial charge in [0.15, 0.2) is 5.82 Å². The highest BCUT2D eigenvalue weighted by molar-refractivity contribution is 5.79. The lowest BCUT2D eigenvalue weighted by molar-refractivity contribution is -0.137. The number of allylic oxidation sites excluding steroid dienone is 2. The first-order valence-corrected chi connectivity index (χ1v) is 9.27. The van der Waals surface area contributed by atoms with Crippen LogP contribution in [0.1, 0.15) is 50.9 Å². The van der Waals surface area contributed by atoms with Crippen molar-refractivity contribution in [3.8, 4) is 0 Å². The monoisotopic (exact) mass is 348 g/mol. The average Bonchev–Trinajstić information content (AvgIpc) is 3.11. The van der Waals surface area contributed by atoms with Crippen molar-refractivity contribution in [2.45, 2.75) is 45.8 Å². The van der Waals surface area contributed by atoms with E-state index in [1.165, 1.54) is 0 Å². The van der Waals surface area contributed by atoms with E-state index >= 15 is 0 Å². The van der Waals surface area contributed by atoms with Crippen molar-refractivity contribution in [3.05, 3.63) is 23.9 Å². The van der Waals surface area contributed by atoms with Crippen molar-refractivity contribution in [1.29, 1.82) is 0 Å². The van der Waals surface area contributed by atoms with E-state index in [9.17, 15) is 4.79 Å². The van der Waals surface area contributed by atoms with Crippen LogP contribution in [0.2, 0.25) is 0 Å². The van der Waals surface area contributed by atoms with E-state index < -0.39 is 0 Å². The van der Waals surface area contributed by atoms with Gasteiger partial charge in [-0.25, -0.2) is 0 Å². The number of carbonyl (C=O) groups is 1. The molecule has 0 bridgehead atoms. The van der Waals surface area contributed by atoms with Crippen molar-refractivity contribution in [3.63, 3.8) is 0 Å². The smallest absolute Gasteiger partial charge is 0.240 e. The molecule has 1 fully saturated rings. The molecular formula is C18H28N4O3. The average molecular weight is 348 g/mol. The number of rotatable bonds is 6. The fraction of sp³-hybridized carbons (Fsp3) is 0.722. The molecular weight excluding hydrogens is 320 g/mol.